The normalized spacial score (nSPS) is 13.0. The van der Waals surface area contributed by atoms with Crippen LogP contribution < -0.4 is 5.32 Å². The number of nitriles is 1. The van der Waals surface area contributed by atoms with Crippen molar-refractivity contribution in [1.29, 1.82) is 5.26 Å². The molecule has 35 heavy (non-hydrogen) atoms. The van der Waals surface area contributed by atoms with Crippen molar-refractivity contribution in [2.24, 2.45) is 0 Å². The van der Waals surface area contributed by atoms with E-state index in [2.05, 4.69) is 5.32 Å². The van der Waals surface area contributed by atoms with Crippen LogP contribution in [0.4, 0.5) is 26.3 Å². The molecule has 0 saturated carbocycles. The molecule has 0 aromatic heterocycles. The first-order chi connectivity index (χ1) is 16.6. The SMILES string of the molecule is N#CCNC(COCc1cc(C(F)(F)F)cc(C(F)(F)F)c1)C(c1ccccc1)c1ccccc1. The zero-order valence-electron chi connectivity index (χ0n) is 18.4. The van der Waals surface area contributed by atoms with Gasteiger partial charge < -0.3 is 4.74 Å². The molecule has 3 aromatic rings. The van der Waals surface area contributed by atoms with Gasteiger partial charge in [0.05, 0.1) is 37.0 Å². The van der Waals surface area contributed by atoms with Crippen molar-refractivity contribution in [2.45, 2.75) is 30.9 Å². The zero-order valence-corrected chi connectivity index (χ0v) is 18.4. The second-order valence-electron chi connectivity index (χ2n) is 7.87. The van der Waals surface area contributed by atoms with E-state index in [1.54, 1.807) is 0 Å². The third-order valence-electron chi connectivity index (χ3n) is 5.38. The molecule has 0 aliphatic heterocycles. The lowest BCUT2D eigenvalue weighted by Crippen LogP contribution is -2.39. The van der Waals surface area contributed by atoms with Gasteiger partial charge in [-0.15, -0.1) is 0 Å². The van der Waals surface area contributed by atoms with Gasteiger partial charge in [0.1, 0.15) is 0 Å². The zero-order chi connectivity index (χ0) is 25.5. The van der Waals surface area contributed by atoms with E-state index in [-0.39, 0.29) is 30.7 Å². The molecule has 0 aliphatic rings. The summed E-state index contributed by atoms with van der Waals surface area (Å²) in [6.45, 7) is -0.548. The van der Waals surface area contributed by atoms with Gasteiger partial charge in [-0.05, 0) is 34.9 Å². The number of alkyl halides is 6. The van der Waals surface area contributed by atoms with Gasteiger partial charge in [0.25, 0.3) is 0 Å². The summed E-state index contributed by atoms with van der Waals surface area (Å²) < 4.78 is 84.6. The van der Waals surface area contributed by atoms with Gasteiger partial charge >= 0.3 is 12.4 Å². The quantitative estimate of drug-likeness (QED) is 0.272. The fraction of sp³-hybridized carbons (Fsp3) is 0.269. The first-order valence-corrected chi connectivity index (χ1v) is 10.7. The molecule has 0 spiro atoms. The van der Waals surface area contributed by atoms with E-state index in [0.29, 0.717) is 12.1 Å². The third-order valence-corrected chi connectivity index (χ3v) is 5.38. The van der Waals surface area contributed by atoms with Crippen molar-refractivity contribution in [3.63, 3.8) is 0 Å². The third kappa shape index (κ3) is 7.31. The number of halogens is 6. The summed E-state index contributed by atoms with van der Waals surface area (Å²) in [7, 11) is 0. The van der Waals surface area contributed by atoms with Crippen LogP contribution in [-0.4, -0.2) is 19.2 Å². The van der Waals surface area contributed by atoms with Crippen molar-refractivity contribution in [3.8, 4) is 6.07 Å². The maximum absolute atomic E-state index is 13.2. The molecule has 3 rings (SSSR count). The van der Waals surface area contributed by atoms with Crippen LogP contribution in [0.15, 0.2) is 78.9 Å². The number of benzene rings is 3. The first-order valence-electron chi connectivity index (χ1n) is 10.7. The Hall–Kier alpha value is -3.35. The van der Waals surface area contributed by atoms with Crippen molar-refractivity contribution in [2.75, 3.05) is 13.2 Å². The van der Waals surface area contributed by atoms with Gasteiger partial charge in [-0.1, -0.05) is 60.7 Å². The molecule has 0 bridgehead atoms. The molecule has 0 fully saturated rings. The van der Waals surface area contributed by atoms with E-state index in [0.717, 1.165) is 11.1 Å². The summed E-state index contributed by atoms with van der Waals surface area (Å²) in [5, 5.41) is 12.2. The molecule has 0 saturated heterocycles. The topological polar surface area (TPSA) is 45.0 Å². The highest BCUT2D eigenvalue weighted by atomic mass is 19.4. The van der Waals surface area contributed by atoms with Gasteiger partial charge in [0.15, 0.2) is 0 Å². The number of nitrogens with one attached hydrogen (secondary N) is 1. The molecule has 9 heteroatoms. The monoisotopic (exact) mass is 492 g/mol. The van der Waals surface area contributed by atoms with Crippen molar-refractivity contribution in [3.05, 3.63) is 107 Å². The standard InChI is InChI=1S/C26H22F6N2O/c27-25(28,29)21-13-18(14-22(15-21)26(30,31)32)16-35-17-23(34-12-11-33)24(19-7-3-1-4-8-19)20-9-5-2-6-10-20/h1-10,13-15,23-24,34H,12,16-17H2. The molecule has 3 aromatic carbocycles. The summed E-state index contributed by atoms with van der Waals surface area (Å²) in [5.41, 5.74) is -1.21. The number of rotatable bonds is 9. The van der Waals surface area contributed by atoms with Crippen molar-refractivity contribution in [1.82, 2.24) is 5.32 Å². The lowest BCUT2D eigenvalue weighted by molar-refractivity contribution is -0.143. The van der Waals surface area contributed by atoms with E-state index >= 15 is 0 Å². The van der Waals surface area contributed by atoms with E-state index in [1.165, 1.54) is 0 Å². The summed E-state index contributed by atoms with van der Waals surface area (Å²) in [6, 6.07) is 21.6. The van der Waals surface area contributed by atoms with Gasteiger partial charge in [0.2, 0.25) is 0 Å². The van der Waals surface area contributed by atoms with Crippen LogP contribution in [0.25, 0.3) is 0 Å². The molecule has 0 aliphatic carbocycles. The predicted octanol–water partition coefficient (Wildman–Crippen LogP) is 6.55. The van der Waals surface area contributed by atoms with Crippen LogP contribution in [-0.2, 0) is 23.7 Å². The smallest absolute Gasteiger partial charge is 0.375 e. The highest BCUT2D eigenvalue weighted by molar-refractivity contribution is 5.35. The molecule has 184 valence electrons. The average molecular weight is 492 g/mol. The number of ether oxygens (including phenoxy) is 1. The second kappa shape index (κ2) is 11.4. The van der Waals surface area contributed by atoms with E-state index in [4.69, 9.17) is 10.00 Å². The molecule has 1 N–H and O–H groups in total. The Balaban J connectivity index is 1.86. The Bertz CT molecular complexity index is 1050. The summed E-state index contributed by atoms with van der Waals surface area (Å²) in [6.07, 6.45) is -9.86. The fourth-order valence-corrected chi connectivity index (χ4v) is 3.83. The van der Waals surface area contributed by atoms with E-state index < -0.39 is 36.1 Å². The van der Waals surface area contributed by atoms with E-state index in [9.17, 15) is 26.3 Å². The second-order valence-corrected chi connectivity index (χ2v) is 7.87. The van der Waals surface area contributed by atoms with Crippen LogP contribution in [0, 0.1) is 11.3 Å². The molecule has 3 nitrogen and oxygen atoms in total. The predicted molar refractivity (Wildman–Crippen MR) is 118 cm³/mol. The highest BCUT2D eigenvalue weighted by Crippen LogP contribution is 2.36. The van der Waals surface area contributed by atoms with Gasteiger partial charge in [-0.3, -0.25) is 5.32 Å². The molecular weight excluding hydrogens is 470 g/mol. The molecule has 0 heterocycles. The minimum Gasteiger partial charge on any atom is -0.375 e. The Morgan fingerprint density at radius 3 is 1.69 bits per heavy atom. The fourth-order valence-electron chi connectivity index (χ4n) is 3.83. The Kier molecular flexibility index (Phi) is 8.54. The average Bonchev–Trinajstić information content (AvgIpc) is 2.82. The van der Waals surface area contributed by atoms with Crippen LogP contribution in [0.2, 0.25) is 0 Å². The lowest BCUT2D eigenvalue weighted by atomic mass is 9.85. The minimum atomic E-state index is -4.93. The summed E-state index contributed by atoms with van der Waals surface area (Å²) >= 11 is 0. The van der Waals surface area contributed by atoms with Crippen LogP contribution in [0.1, 0.15) is 33.7 Å². The van der Waals surface area contributed by atoms with Gasteiger partial charge in [0, 0.05) is 12.0 Å². The maximum Gasteiger partial charge on any atom is 0.416 e. The molecule has 1 unspecified atom stereocenters. The van der Waals surface area contributed by atoms with Crippen LogP contribution in [0.3, 0.4) is 0 Å². The molecule has 1 atom stereocenters. The highest BCUT2D eigenvalue weighted by Gasteiger charge is 2.37. The van der Waals surface area contributed by atoms with Crippen LogP contribution in [0.5, 0.6) is 0 Å². The van der Waals surface area contributed by atoms with Crippen molar-refractivity contribution < 1.29 is 31.1 Å². The van der Waals surface area contributed by atoms with Crippen molar-refractivity contribution >= 4 is 0 Å². The Morgan fingerprint density at radius 1 is 0.771 bits per heavy atom. The maximum atomic E-state index is 13.2. The molecule has 0 radical (unpaired) electrons. The number of nitrogens with zero attached hydrogens (tertiary/aromatic N) is 1. The minimum absolute atomic E-state index is 0.0219. The summed E-state index contributed by atoms with van der Waals surface area (Å²) in [5.74, 6) is -0.280. The van der Waals surface area contributed by atoms with E-state index in [1.807, 2.05) is 66.7 Å². The first kappa shape index (κ1) is 26.3. The number of hydrogen-bond donors (Lipinski definition) is 1. The van der Waals surface area contributed by atoms with Gasteiger partial charge in [-0.25, -0.2) is 0 Å². The molecular formula is C26H22F6N2O. The molecule has 0 amide bonds. The summed E-state index contributed by atoms with van der Waals surface area (Å²) in [4.78, 5) is 0. The van der Waals surface area contributed by atoms with Gasteiger partial charge in [-0.2, -0.15) is 31.6 Å². The largest absolute Gasteiger partial charge is 0.416 e. The Labute approximate surface area is 199 Å². The lowest BCUT2D eigenvalue weighted by Gasteiger charge is -2.28. The van der Waals surface area contributed by atoms with Crippen LogP contribution >= 0.6 is 0 Å². The number of hydrogen-bond acceptors (Lipinski definition) is 3. The Morgan fingerprint density at radius 2 is 1.26 bits per heavy atom.